The molecule has 0 radical (unpaired) electrons. The van der Waals surface area contributed by atoms with Crippen LogP contribution in [0.4, 0.5) is 0 Å². The van der Waals surface area contributed by atoms with Crippen LogP contribution in [0.25, 0.3) is 21.8 Å². The van der Waals surface area contributed by atoms with E-state index in [2.05, 4.69) is 76.9 Å². The second kappa shape index (κ2) is 7.32. The molecule has 0 saturated carbocycles. The summed E-state index contributed by atoms with van der Waals surface area (Å²) in [4.78, 5) is 10.6. The summed E-state index contributed by atoms with van der Waals surface area (Å²) < 4.78 is 0. The number of benzene rings is 1. The molecule has 0 unspecified atom stereocenters. The molecule has 26 heavy (non-hydrogen) atoms. The fourth-order valence-corrected chi connectivity index (χ4v) is 4.23. The minimum absolute atomic E-state index is 0.0660. The maximum absolute atomic E-state index is 4.99. The highest BCUT2D eigenvalue weighted by Gasteiger charge is 2.21. The summed E-state index contributed by atoms with van der Waals surface area (Å²) in [5, 5.41) is 1.06. The van der Waals surface area contributed by atoms with E-state index in [1.165, 1.54) is 21.6 Å². The van der Waals surface area contributed by atoms with Crippen molar-refractivity contribution >= 4 is 11.3 Å². The lowest BCUT2D eigenvalue weighted by Gasteiger charge is -2.21. The Balaban J connectivity index is 1.98. The van der Waals surface area contributed by atoms with Gasteiger partial charge in [0.25, 0.3) is 0 Å². The number of hydrogen-bond acceptors (Lipinski definition) is 3. The van der Waals surface area contributed by atoms with E-state index in [1.807, 2.05) is 12.4 Å². The minimum Gasteiger partial charge on any atom is -0.264 e. The van der Waals surface area contributed by atoms with E-state index in [0.717, 1.165) is 22.7 Å². The molecule has 0 aliphatic carbocycles. The molecule has 3 aromatic rings. The lowest BCUT2D eigenvalue weighted by atomic mass is 9.85. The molecule has 0 spiro atoms. The minimum atomic E-state index is 0.0660. The lowest BCUT2D eigenvalue weighted by Crippen LogP contribution is -2.12. The van der Waals surface area contributed by atoms with Crippen molar-refractivity contribution in [3.8, 4) is 21.8 Å². The molecule has 0 bridgehead atoms. The van der Waals surface area contributed by atoms with Crippen LogP contribution in [0.1, 0.15) is 50.6 Å². The van der Waals surface area contributed by atoms with Crippen molar-refractivity contribution in [2.45, 2.75) is 53.4 Å². The van der Waals surface area contributed by atoms with Gasteiger partial charge in [0.05, 0.1) is 5.69 Å². The van der Waals surface area contributed by atoms with Crippen molar-refractivity contribution in [1.82, 2.24) is 9.97 Å². The first-order chi connectivity index (χ1) is 12.3. The monoisotopic (exact) mass is 364 g/mol. The maximum Gasteiger partial charge on any atom is 0.126 e. The van der Waals surface area contributed by atoms with Gasteiger partial charge in [-0.2, -0.15) is 0 Å². The Morgan fingerprint density at radius 2 is 1.73 bits per heavy atom. The predicted octanol–water partition coefficient (Wildman–Crippen LogP) is 6.68. The van der Waals surface area contributed by atoms with E-state index >= 15 is 0 Å². The number of thiazole rings is 1. The summed E-state index contributed by atoms with van der Waals surface area (Å²) in [6, 6.07) is 11.0. The van der Waals surface area contributed by atoms with Crippen LogP contribution in [0.15, 0.2) is 42.7 Å². The number of rotatable bonds is 4. The maximum atomic E-state index is 4.99. The number of nitrogens with zero attached hydrogens (tertiary/aromatic N) is 2. The topological polar surface area (TPSA) is 25.8 Å². The van der Waals surface area contributed by atoms with Gasteiger partial charge in [-0.05, 0) is 41.9 Å². The summed E-state index contributed by atoms with van der Waals surface area (Å²) in [6.45, 7) is 13.4. The molecular formula is C23H28N2S. The SMILES string of the molecule is Cc1sc(-c2cnccc2C(C)(C)C)nc1-c1ccc(CC(C)C)cc1. The van der Waals surface area contributed by atoms with Gasteiger partial charge in [0.2, 0.25) is 0 Å². The Labute approximate surface area is 161 Å². The van der Waals surface area contributed by atoms with Crippen molar-refractivity contribution in [2.75, 3.05) is 0 Å². The Bertz CT molecular complexity index is 883. The van der Waals surface area contributed by atoms with Crippen LogP contribution < -0.4 is 0 Å². The van der Waals surface area contributed by atoms with Crippen LogP contribution in [0.3, 0.4) is 0 Å². The zero-order valence-corrected chi connectivity index (χ0v) is 17.4. The molecule has 3 rings (SSSR count). The van der Waals surface area contributed by atoms with Crippen molar-refractivity contribution in [3.05, 3.63) is 58.7 Å². The highest BCUT2D eigenvalue weighted by atomic mass is 32.1. The van der Waals surface area contributed by atoms with Gasteiger partial charge >= 0.3 is 0 Å². The Morgan fingerprint density at radius 3 is 2.35 bits per heavy atom. The third-order valence-electron chi connectivity index (χ3n) is 4.53. The third-order valence-corrected chi connectivity index (χ3v) is 5.53. The van der Waals surface area contributed by atoms with Crippen LogP contribution >= 0.6 is 11.3 Å². The quantitative estimate of drug-likeness (QED) is 0.516. The predicted molar refractivity (Wildman–Crippen MR) is 113 cm³/mol. The van der Waals surface area contributed by atoms with Crippen LogP contribution in [0.2, 0.25) is 0 Å². The first-order valence-electron chi connectivity index (χ1n) is 9.27. The van der Waals surface area contributed by atoms with Gasteiger partial charge in [-0.15, -0.1) is 11.3 Å². The van der Waals surface area contributed by atoms with E-state index in [9.17, 15) is 0 Å². The van der Waals surface area contributed by atoms with Crippen molar-refractivity contribution in [3.63, 3.8) is 0 Å². The van der Waals surface area contributed by atoms with E-state index in [0.29, 0.717) is 5.92 Å². The van der Waals surface area contributed by atoms with Crippen molar-refractivity contribution in [2.24, 2.45) is 5.92 Å². The molecule has 0 aliphatic rings. The lowest BCUT2D eigenvalue weighted by molar-refractivity contribution is 0.591. The van der Waals surface area contributed by atoms with Gasteiger partial charge in [0, 0.05) is 28.4 Å². The highest BCUT2D eigenvalue weighted by Crippen LogP contribution is 2.38. The first kappa shape index (κ1) is 18.8. The molecule has 2 nitrogen and oxygen atoms in total. The number of aromatic nitrogens is 2. The number of pyridine rings is 1. The van der Waals surface area contributed by atoms with Crippen LogP contribution in [0.5, 0.6) is 0 Å². The molecular weight excluding hydrogens is 336 g/mol. The molecule has 0 atom stereocenters. The normalized spacial score (nSPS) is 12.0. The molecule has 0 fully saturated rings. The van der Waals surface area contributed by atoms with E-state index < -0.39 is 0 Å². The standard InChI is InChI=1S/C23H28N2S/c1-15(2)13-17-7-9-18(10-8-17)21-16(3)26-22(25-21)19-14-24-12-11-20(19)23(4,5)6/h7-12,14-15H,13H2,1-6H3. The zero-order valence-electron chi connectivity index (χ0n) is 16.6. The molecule has 0 N–H and O–H groups in total. The second-order valence-electron chi connectivity index (χ2n) is 8.39. The van der Waals surface area contributed by atoms with Gasteiger partial charge < -0.3 is 0 Å². The molecule has 2 heterocycles. The fraction of sp³-hybridized carbons (Fsp3) is 0.391. The molecule has 3 heteroatoms. The Kier molecular flexibility index (Phi) is 5.29. The van der Waals surface area contributed by atoms with Crippen LogP contribution in [-0.4, -0.2) is 9.97 Å². The summed E-state index contributed by atoms with van der Waals surface area (Å²) >= 11 is 1.76. The average Bonchev–Trinajstić information content (AvgIpc) is 2.96. The van der Waals surface area contributed by atoms with Gasteiger partial charge in [-0.25, -0.2) is 4.98 Å². The van der Waals surface area contributed by atoms with Crippen LogP contribution in [-0.2, 0) is 11.8 Å². The van der Waals surface area contributed by atoms with E-state index in [4.69, 9.17) is 4.98 Å². The first-order valence-corrected chi connectivity index (χ1v) is 10.1. The van der Waals surface area contributed by atoms with Gasteiger partial charge in [0.1, 0.15) is 5.01 Å². The molecule has 0 aliphatic heterocycles. The highest BCUT2D eigenvalue weighted by molar-refractivity contribution is 7.15. The zero-order chi connectivity index (χ0) is 18.9. The third kappa shape index (κ3) is 4.04. The van der Waals surface area contributed by atoms with Crippen molar-refractivity contribution < 1.29 is 0 Å². The summed E-state index contributed by atoms with van der Waals surface area (Å²) in [5.41, 5.74) is 6.18. The Morgan fingerprint density at radius 1 is 1.04 bits per heavy atom. The second-order valence-corrected chi connectivity index (χ2v) is 9.59. The smallest absolute Gasteiger partial charge is 0.126 e. The Hall–Kier alpha value is -2.00. The van der Waals surface area contributed by atoms with E-state index in [-0.39, 0.29) is 5.41 Å². The average molecular weight is 365 g/mol. The number of hydrogen-bond donors (Lipinski definition) is 0. The fourth-order valence-electron chi connectivity index (χ4n) is 3.27. The number of aryl methyl sites for hydroxylation is 1. The van der Waals surface area contributed by atoms with Gasteiger partial charge in [0.15, 0.2) is 0 Å². The summed E-state index contributed by atoms with van der Waals surface area (Å²) in [5.74, 6) is 0.676. The summed E-state index contributed by atoms with van der Waals surface area (Å²) in [6.07, 6.45) is 4.94. The largest absolute Gasteiger partial charge is 0.264 e. The van der Waals surface area contributed by atoms with Crippen molar-refractivity contribution in [1.29, 1.82) is 0 Å². The molecule has 2 aromatic heterocycles. The molecule has 0 amide bonds. The van der Waals surface area contributed by atoms with Gasteiger partial charge in [-0.1, -0.05) is 58.9 Å². The molecule has 1 aromatic carbocycles. The molecule has 0 saturated heterocycles. The summed E-state index contributed by atoms with van der Waals surface area (Å²) in [7, 11) is 0. The molecule has 136 valence electrons. The van der Waals surface area contributed by atoms with Crippen LogP contribution in [0, 0.1) is 12.8 Å². The van der Waals surface area contributed by atoms with E-state index in [1.54, 1.807) is 11.3 Å². The van der Waals surface area contributed by atoms with Gasteiger partial charge in [-0.3, -0.25) is 4.98 Å².